The maximum atomic E-state index is 11.3. The second-order valence-corrected chi connectivity index (χ2v) is 4.40. The summed E-state index contributed by atoms with van der Waals surface area (Å²) >= 11 is 0. The Morgan fingerprint density at radius 3 is 2.13 bits per heavy atom. The Labute approximate surface area is 98.0 Å². The van der Waals surface area contributed by atoms with Gasteiger partial charge in [-0.3, -0.25) is 4.79 Å². The average molecular weight is 239 g/mol. The molecule has 4 nitrogen and oxygen atoms in total. The van der Waals surface area contributed by atoms with Crippen LogP contribution in [0.1, 0.15) is 34.1 Å². The summed E-state index contributed by atoms with van der Waals surface area (Å²) in [7, 11) is 0. The fourth-order valence-corrected chi connectivity index (χ4v) is 1.24. The third-order valence-electron chi connectivity index (χ3n) is 1.85. The zero-order chi connectivity index (χ0) is 11.3. The van der Waals surface area contributed by atoms with Crippen LogP contribution >= 0.6 is 12.4 Å². The largest absolute Gasteiger partial charge is 0.382 e. The van der Waals surface area contributed by atoms with Crippen molar-refractivity contribution in [3.8, 4) is 0 Å². The van der Waals surface area contributed by atoms with Gasteiger partial charge in [-0.15, -0.1) is 12.4 Å². The Bertz CT molecular complexity index is 186. The number of amides is 1. The van der Waals surface area contributed by atoms with Gasteiger partial charge in [0, 0.05) is 12.1 Å². The van der Waals surface area contributed by atoms with Gasteiger partial charge in [-0.05, 0) is 26.2 Å². The number of carbonyl (C=O) groups is 1. The van der Waals surface area contributed by atoms with Crippen molar-refractivity contribution in [3.63, 3.8) is 0 Å². The Hall–Kier alpha value is -0.320. The highest BCUT2D eigenvalue weighted by Gasteiger charge is 2.23. The summed E-state index contributed by atoms with van der Waals surface area (Å²) in [5, 5.41) is 12.2. The highest BCUT2D eigenvalue weighted by molar-refractivity contribution is 5.85. The minimum atomic E-state index is -1.10. The number of hydrogen-bond donors (Lipinski definition) is 3. The van der Waals surface area contributed by atoms with Crippen LogP contribution < -0.4 is 11.1 Å². The fourth-order valence-electron chi connectivity index (χ4n) is 1.24. The van der Waals surface area contributed by atoms with E-state index in [-0.39, 0.29) is 24.4 Å². The zero-order valence-corrected chi connectivity index (χ0v) is 10.7. The molecule has 0 saturated carbocycles. The molecule has 0 saturated heterocycles. The molecule has 0 aliphatic heterocycles. The molecule has 0 bridgehead atoms. The first-order chi connectivity index (χ1) is 6.34. The molecule has 1 unspecified atom stereocenters. The van der Waals surface area contributed by atoms with E-state index in [1.807, 2.05) is 27.7 Å². The van der Waals surface area contributed by atoms with E-state index in [4.69, 9.17) is 5.73 Å². The zero-order valence-electron chi connectivity index (χ0n) is 9.86. The van der Waals surface area contributed by atoms with E-state index in [0.29, 0.717) is 12.3 Å². The van der Waals surface area contributed by atoms with Gasteiger partial charge in [-0.25, -0.2) is 0 Å². The maximum Gasteiger partial charge on any atom is 0.250 e. The number of carbonyl (C=O) groups excluding carboxylic acids is 1. The van der Waals surface area contributed by atoms with Crippen molar-refractivity contribution in [2.45, 2.75) is 52.3 Å². The van der Waals surface area contributed by atoms with Gasteiger partial charge in [0.25, 0.3) is 5.91 Å². The second-order valence-electron chi connectivity index (χ2n) is 4.40. The van der Waals surface area contributed by atoms with Crippen LogP contribution in [-0.4, -0.2) is 29.2 Å². The molecule has 4 N–H and O–H groups in total. The Morgan fingerprint density at radius 2 is 1.80 bits per heavy atom. The van der Waals surface area contributed by atoms with Crippen molar-refractivity contribution in [3.05, 3.63) is 0 Å². The summed E-state index contributed by atoms with van der Waals surface area (Å²) in [4.78, 5) is 11.3. The highest BCUT2D eigenvalue weighted by atomic mass is 35.5. The number of aliphatic hydroxyl groups excluding tert-OH is 1. The molecule has 0 aromatic carbocycles. The standard InChI is InChI=1S/C10H22N2O2.ClH/c1-6(2)5-8(11)9(13)10(14)12-7(3)4;/h6-9,13H,5,11H2,1-4H3,(H,12,14);1H/t8-,9?;/m0./s1. The first kappa shape index (κ1) is 17.1. The number of aliphatic hydroxyl groups is 1. The maximum absolute atomic E-state index is 11.3. The summed E-state index contributed by atoms with van der Waals surface area (Å²) in [6.07, 6.45) is -0.452. The van der Waals surface area contributed by atoms with Gasteiger partial charge < -0.3 is 16.2 Å². The van der Waals surface area contributed by atoms with Crippen LogP contribution in [0, 0.1) is 5.92 Å². The van der Waals surface area contributed by atoms with Crippen molar-refractivity contribution in [1.82, 2.24) is 5.32 Å². The van der Waals surface area contributed by atoms with E-state index in [2.05, 4.69) is 5.32 Å². The lowest BCUT2D eigenvalue weighted by molar-refractivity contribution is -0.131. The van der Waals surface area contributed by atoms with Crippen LogP contribution in [0.25, 0.3) is 0 Å². The number of halogens is 1. The number of hydrogen-bond acceptors (Lipinski definition) is 3. The Kier molecular flexibility index (Phi) is 9.01. The molecule has 0 aliphatic rings. The first-order valence-electron chi connectivity index (χ1n) is 5.08. The molecule has 0 radical (unpaired) electrons. The molecule has 0 rings (SSSR count). The van der Waals surface area contributed by atoms with E-state index >= 15 is 0 Å². The number of nitrogens with one attached hydrogen (secondary N) is 1. The molecule has 2 atom stereocenters. The third kappa shape index (κ3) is 7.59. The molecule has 0 spiro atoms. The summed E-state index contributed by atoms with van der Waals surface area (Å²) in [6, 6.07) is -0.447. The highest BCUT2D eigenvalue weighted by Crippen LogP contribution is 2.06. The fraction of sp³-hybridized carbons (Fsp3) is 0.900. The molecule has 1 amide bonds. The van der Waals surface area contributed by atoms with Crippen LogP contribution in [0.4, 0.5) is 0 Å². The minimum absolute atomic E-state index is 0. The van der Waals surface area contributed by atoms with Gasteiger partial charge >= 0.3 is 0 Å². The lowest BCUT2D eigenvalue weighted by atomic mass is 9.99. The predicted octanol–water partition coefficient (Wildman–Crippen LogP) is 0.667. The van der Waals surface area contributed by atoms with Crippen molar-refractivity contribution < 1.29 is 9.90 Å². The van der Waals surface area contributed by atoms with Crippen LogP contribution in [0.15, 0.2) is 0 Å². The molecule has 0 heterocycles. The smallest absolute Gasteiger partial charge is 0.250 e. The van der Waals surface area contributed by atoms with Gasteiger partial charge in [-0.1, -0.05) is 13.8 Å². The molecule has 5 heteroatoms. The lowest BCUT2D eigenvalue weighted by Gasteiger charge is -2.20. The Morgan fingerprint density at radius 1 is 1.33 bits per heavy atom. The molecular formula is C10H23ClN2O2. The van der Waals surface area contributed by atoms with Crippen molar-refractivity contribution in [2.24, 2.45) is 11.7 Å². The van der Waals surface area contributed by atoms with Gasteiger partial charge in [0.15, 0.2) is 0 Å². The number of rotatable bonds is 5. The van der Waals surface area contributed by atoms with Gasteiger partial charge in [0.2, 0.25) is 0 Å². The molecular weight excluding hydrogens is 216 g/mol. The van der Waals surface area contributed by atoms with E-state index in [1.165, 1.54) is 0 Å². The van der Waals surface area contributed by atoms with Gasteiger partial charge in [-0.2, -0.15) is 0 Å². The molecule has 15 heavy (non-hydrogen) atoms. The van der Waals surface area contributed by atoms with Crippen LogP contribution in [0.2, 0.25) is 0 Å². The number of nitrogens with two attached hydrogens (primary N) is 1. The second kappa shape index (κ2) is 7.91. The summed E-state index contributed by atoms with van der Waals surface area (Å²) < 4.78 is 0. The molecule has 0 aliphatic carbocycles. The quantitative estimate of drug-likeness (QED) is 0.659. The van der Waals surface area contributed by atoms with Crippen molar-refractivity contribution in [1.29, 1.82) is 0 Å². The topological polar surface area (TPSA) is 75.3 Å². The monoisotopic (exact) mass is 238 g/mol. The van der Waals surface area contributed by atoms with Crippen LogP contribution in [0.3, 0.4) is 0 Å². The normalized spacial score (nSPS) is 14.7. The average Bonchev–Trinajstić information content (AvgIpc) is 2.00. The molecule has 0 aromatic heterocycles. The minimum Gasteiger partial charge on any atom is -0.382 e. The SMILES string of the molecule is CC(C)C[C@H](N)C(O)C(=O)NC(C)C.Cl. The molecule has 0 aromatic rings. The first-order valence-corrected chi connectivity index (χ1v) is 5.08. The van der Waals surface area contributed by atoms with Crippen LogP contribution in [-0.2, 0) is 4.79 Å². The third-order valence-corrected chi connectivity index (χ3v) is 1.85. The van der Waals surface area contributed by atoms with Gasteiger partial charge in [0.05, 0.1) is 0 Å². The van der Waals surface area contributed by atoms with Crippen LogP contribution in [0.5, 0.6) is 0 Å². The summed E-state index contributed by atoms with van der Waals surface area (Å²) in [6.45, 7) is 7.71. The molecule has 0 fully saturated rings. The molecule has 92 valence electrons. The van der Waals surface area contributed by atoms with Crippen molar-refractivity contribution in [2.75, 3.05) is 0 Å². The van der Waals surface area contributed by atoms with E-state index in [0.717, 1.165) is 0 Å². The lowest BCUT2D eigenvalue weighted by Crippen LogP contribution is -2.48. The summed E-state index contributed by atoms with van der Waals surface area (Å²) in [5.41, 5.74) is 5.68. The van der Waals surface area contributed by atoms with E-state index < -0.39 is 12.1 Å². The Balaban J connectivity index is 0. The summed E-state index contributed by atoms with van der Waals surface area (Å²) in [5.74, 6) is -0.000324. The van der Waals surface area contributed by atoms with E-state index in [1.54, 1.807) is 0 Å². The predicted molar refractivity (Wildman–Crippen MR) is 64.0 cm³/mol. The van der Waals surface area contributed by atoms with E-state index in [9.17, 15) is 9.90 Å². The van der Waals surface area contributed by atoms with Crippen molar-refractivity contribution >= 4 is 18.3 Å². The van der Waals surface area contributed by atoms with Gasteiger partial charge in [0.1, 0.15) is 6.10 Å².